The second-order valence-corrected chi connectivity index (χ2v) is 13.1. The standard InChI is InChI=1S/C34H45N3O4S2/c1-4-23(2)19-28(32(38)29(35)22-43-21-24-11-6-5-7-12-24)31(33(39)37-30(34(40)41)17-18-42-3)36-20-26-15-10-14-25-13-8-9-16-27(25)26/h5-16,23,28-31,36H,4,17-22,35H2,1-3H3,(H,37,39)(H,40,41)/t23-,28?,29-,30-,31-/m0/s1. The highest BCUT2D eigenvalue weighted by Crippen LogP contribution is 2.25. The van der Waals surface area contributed by atoms with Crippen molar-refractivity contribution in [1.82, 2.24) is 10.6 Å². The third-order valence-corrected chi connectivity index (χ3v) is 9.57. The fraction of sp³-hybridized carbons (Fsp3) is 0.441. The van der Waals surface area contributed by atoms with Crippen LogP contribution in [0.5, 0.6) is 0 Å². The molecule has 0 radical (unpaired) electrons. The molecule has 0 saturated carbocycles. The van der Waals surface area contributed by atoms with Gasteiger partial charge >= 0.3 is 5.97 Å². The predicted molar refractivity (Wildman–Crippen MR) is 180 cm³/mol. The summed E-state index contributed by atoms with van der Waals surface area (Å²) >= 11 is 3.11. The van der Waals surface area contributed by atoms with Gasteiger partial charge in [-0.25, -0.2) is 4.79 Å². The molecule has 0 aliphatic carbocycles. The summed E-state index contributed by atoms with van der Waals surface area (Å²) in [5.74, 6) is -0.558. The van der Waals surface area contributed by atoms with Crippen LogP contribution < -0.4 is 16.4 Å². The first-order valence-corrected chi connectivity index (χ1v) is 17.4. The molecule has 3 aromatic carbocycles. The Bertz CT molecular complexity index is 1320. The summed E-state index contributed by atoms with van der Waals surface area (Å²) < 4.78 is 0. The first kappa shape index (κ1) is 34.6. The molecule has 43 heavy (non-hydrogen) atoms. The highest BCUT2D eigenvalue weighted by molar-refractivity contribution is 7.98. The topological polar surface area (TPSA) is 122 Å². The molecule has 0 bridgehead atoms. The lowest BCUT2D eigenvalue weighted by molar-refractivity contribution is -0.142. The second-order valence-electron chi connectivity index (χ2n) is 11.0. The number of aliphatic carboxylic acids is 1. The lowest BCUT2D eigenvalue weighted by Gasteiger charge is -2.31. The van der Waals surface area contributed by atoms with Gasteiger partial charge in [-0.05, 0) is 52.7 Å². The van der Waals surface area contributed by atoms with Gasteiger partial charge in [0.05, 0.1) is 12.1 Å². The van der Waals surface area contributed by atoms with E-state index in [-0.39, 0.29) is 18.1 Å². The number of benzene rings is 3. The molecular formula is C34H45N3O4S2. The van der Waals surface area contributed by atoms with Crippen molar-refractivity contribution in [2.24, 2.45) is 17.6 Å². The normalized spacial score (nSPS) is 14.9. The van der Waals surface area contributed by atoms with Gasteiger partial charge in [-0.15, -0.1) is 0 Å². The van der Waals surface area contributed by atoms with Gasteiger partial charge in [0.15, 0.2) is 5.78 Å². The number of carboxylic acid groups (broad SMARTS) is 1. The number of hydrogen-bond acceptors (Lipinski definition) is 7. The van der Waals surface area contributed by atoms with Crippen LogP contribution in [-0.4, -0.2) is 58.7 Å². The predicted octanol–water partition coefficient (Wildman–Crippen LogP) is 5.50. The van der Waals surface area contributed by atoms with Crippen LogP contribution in [0, 0.1) is 11.8 Å². The number of hydrogen-bond donors (Lipinski definition) is 4. The zero-order chi connectivity index (χ0) is 31.2. The summed E-state index contributed by atoms with van der Waals surface area (Å²) in [7, 11) is 0. The number of nitrogens with one attached hydrogen (secondary N) is 2. The van der Waals surface area contributed by atoms with Crippen molar-refractivity contribution < 1.29 is 19.5 Å². The van der Waals surface area contributed by atoms with E-state index in [2.05, 4.69) is 24.5 Å². The molecule has 3 aromatic rings. The molecule has 0 spiro atoms. The first-order chi connectivity index (χ1) is 20.7. The number of Topliss-reactive ketones (excluding diaryl/α,β-unsaturated/α-hetero) is 1. The van der Waals surface area contributed by atoms with Crippen molar-refractivity contribution in [1.29, 1.82) is 0 Å². The van der Waals surface area contributed by atoms with Crippen LogP contribution in [0.25, 0.3) is 10.8 Å². The fourth-order valence-electron chi connectivity index (χ4n) is 5.09. The number of ketones is 1. The molecule has 232 valence electrons. The molecule has 3 rings (SSSR count). The molecule has 0 saturated heterocycles. The Hall–Kier alpha value is -2.85. The Kier molecular flexibility index (Phi) is 14.6. The number of fused-ring (bicyclic) bond motifs is 1. The van der Waals surface area contributed by atoms with Gasteiger partial charge < -0.3 is 21.5 Å². The quantitative estimate of drug-likeness (QED) is 0.138. The first-order valence-electron chi connectivity index (χ1n) is 14.9. The molecule has 0 fully saturated rings. The third kappa shape index (κ3) is 10.7. The van der Waals surface area contributed by atoms with Gasteiger partial charge in [-0.1, -0.05) is 93.1 Å². The average Bonchev–Trinajstić information content (AvgIpc) is 3.02. The molecule has 0 heterocycles. The van der Waals surface area contributed by atoms with Crippen molar-refractivity contribution in [2.45, 2.75) is 63.5 Å². The highest BCUT2D eigenvalue weighted by Gasteiger charge is 2.38. The second kappa shape index (κ2) is 18.1. The molecule has 1 unspecified atom stereocenters. The zero-order valence-electron chi connectivity index (χ0n) is 25.3. The summed E-state index contributed by atoms with van der Waals surface area (Å²) in [5.41, 5.74) is 8.65. The average molecular weight is 624 g/mol. The Morgan fingerprint density at radius 2 is 1.67 bits per heavy atom. The Balaban J connectivity index is 1.88. The van der Waals surface area contributed by atoms with Gasteiger partial charge in [0.1, 0.15) is 6.04 Å². The van der Waals surface area contributed by atoms with Gasteiger partial charge in [-0.2, -0.15) is 23.5 Å². The number of rotatable bonds is 19. The van der Waals surface area contributed by atoms with Crippen LogP contribution in [0.15, 0.2) is 72.8 Å². The summed E-state index contributed by atoms with van der Waals surface area (Å²) in [6.07, 6.45) is 3.49. The van der Waals surface area contributed by atoms with Crippen LogP contribution in [0.3, 0.4) is 0 Å². The van der Waals surface area contributed by atoms with E-state index in [1.54, 1.807) is 11.8 Å². The minimum atomic E-state index is -1.09. The van der Waals surface area contributed by atoms with E-state index in [0.717, 1.165) is 34.1 Å². The SMILES string of the molecule is CC[C@H](C)CC(C(=O)[C@@H](N)CSCc1ccccc1)[C@H](NCc1cccc2ccccc12)C(=O)N[C@@H](CCSC)C(=O)O. The molecule has 0 aliphatic heterocycles. The van der Waals surface area contributed by atoms with E-state index in [1.165, 1.54) is 11.8 Å². The Labute approximate surface area is 264 Å². The molecule has 0 aromatic heterocycles. The van der Waals surface area contributed by atoms with Crippen molar-refractivity contribution in [3.05, 3.63) is 83.9 Å². The number of amides is 1. The minimum absolute atomic E-state index is 0.166. The van der Waals surface area contributed by atoms with Crippen LogP contribution >= 0.6 is 23.5 Å². The maximum Gasteiger partial charge on any atom is 0.326 e. The molecule has 5 atom stereocenters. The Morgan fingerprint density at radius 3 is 2.37 bits per heavy atom. The summed E-state index contributed by atoms with van der Waals surface area (Å²) in [6, 6.07) is 21.3. The van der Waals surface area contributed by atoms with Gasteiger partial charge in [0.2, 0.25) is 5.91 Å². The maximum atomic E-state index is 14.0. The van der Waals surface area contributed by atoms with E-state index < -0.39 is 35.9 Å². The van der Waals surface area contributed by atoms with Crippen LogP contribution in [0.4, 0.5) is 0 Å². The number of thioether (sulfide) groups is 2. The van der Waals surface area contributed by atoms with Crippen molar-refractivity contribution in [2.75, 3.05) is 17.8 Å². The van der Waals surface area contributed by atoms with Crippen molar-refractivity contribution >= 4 is 52.0 Å². The molecule has 9 heteroatoms. The van der Waals surface area contributed by atoms with Gasteiger partial charge in [0, 0.05) is 24.0 Å². The van der Waals surface area contributed by atoms with Crippen LogP contribution in [-0.2, 0) is 26.7 Å². The van der Waals surface area contributed by atoms with E-state index >= 15 is 0 Å². The third-order valence-electron chi connectivity index (χ3n) is 7.80. The number of carbonyl (C=O) groups excluding carboxylic acids is 2. The number of carboxylic acids is 1. The van der Waals surface area contributed by atoms with Crippen molar-refractivity contribution in [3.8, 4) is 0 Å². The van der Waals surface area contributed by atoms with Crippen LogP contribution in [0.1, 0.15) is 44.2 Å². The largest absolute Gasteiger partial charge is 0.480 e. The molecular weight excluding hydrogens is 579 g/mol. The summed E-state index contributed by atoms with van der Waals surface area (Å²) in [5, 5.41) is 18.1. The van der Waals surface area contributed by atoms with E-state index in [9.17, 15) is 19.5 Å². The minimum Gasteiger partial charge on any atom is -0.480 e. The van der Waals surface area contributed by atoms with Crippen molar-refractivity contribution in [3.63, 3.8) is 0 Å². The van der Waals surface area contributed by atoms with E-state index in [4.69, 9.17) is 5.73 Å². The molecule has 0 aliphatic rings. The molecule has 1 amide bonds. The maximum absolute atomic E-state index is 14.0. The monoisotopic (exact) mass is 623 g/mol. The Morgan fingerprint density at radius 1 is 0.977 bits per heavy atom. The number of nitrogens with two attached hydrogens (primary N) is 1. The number of carbonyl (C=O) groups is 3. The van der Waals surface area contributed by atoms with E-state index in [0.29, 0.717) is 24.5 Å². The van der Waals surface area contributed by atoms with Crippen LogP contribution in [0.2, 0.25) is 0 Å². The van der Waals surface area contributed by atoms with Gasteiger partial charge in [0.25, 0.3) is 0 Å². The fourth-order valence-corrected chi connectivity index (χ4v) is 6.53. The smallest absolute Gasteiger partial charge is 0.326 e. The lowest BCUT2D eigenvalue weighted by atomic mass is 9.82. The van der Waals surface area contributed by atoms with Gasteiger partial charge in [-0.3, -0.25) is 9.59 Å². The highest BCUT2D eigenvalue weighted by atomic mass is 32.2. The zero-order valence-corrected chi connectivity index (χ0v) is 27.0. The summed E-state index contributed by atoms with van der Waals surface area (Å²) in [4.78, 5) is 39.9. The lowest BCUT2D eigenvalue weighted by Crippen LogP contribution is -2.56. The summed E-state index contributed by atoms with van der Waals surface area (Å²) in [6.45, 7) is 4.46. The van der Waals surface area contributed by atoms with E-state index in [1.807, 2.05) is 79.1 Å². The molecule has 5 N–H and O–H groups in total. The molecule has 7 nitrogen and oxygen atoms in total.